The van der Waals surface area contributed by atoms with Gasteiger partial charge in [0, 0.05) is 38.0 Å². The Labute approximate surface area is 186 Å². The first kappa shape index (κ1) is 22.2. The number of hydrogen-bond donors (Lipinski definition) is 1. The Kier molecular flexibility index (Phi) is 6.63. The van der Waals surface area contributed by atoms with Gasteiger partial charge in [-0.15, -0.1) is 0 Å². The standard InChI is InChI=1S/C24H37N3O4/c1-24(2,3)31-23(28)27-11-5-17-13-20(30-19-6-9-26(4)10-7-19)14-22(21(17)15-27)25-18-8-12-29-16-18/h13-14,18-19,25H,5-12,15-16H2,1-4H3/t18-/m1/s1. The molecule has 1 amide bonds. The molecule has 1 N–H and O–H groups in total. The number of piperidine rings is 1. The highest BCUT2D eigenvalue weighted by Crippen LogP contribution is 2.34. The number of ether oxygens (including phenoxy) is 3. The molecule has 3 aliphatic rings. The zero-order valence-corrected chi connectivity index (χ0v) is 19.4. The summed E-state index contributed by atoms with van der Waals surface area (Å²) in [4.78, 5) is 16.8. The largest absolute Gasteiger partial charge is 0.490 e. The van der Waals surface area contributed by atoms with Crippen molar-refractivity contribution in [2.75, 3.05) is 45.2 Å². The topological polar surface area (TPSA) is 63.3 Å². The molecule has 0 unspecified atom stereocenters. The van der Waals surface area contributed by atoms with Crippen LogP contribution in [0.4, 0.5) is 10.5 Å². The summed E-state index contributed by atoms with van der Waals surface area (Å²) in [7, 11) is 2.16. The number of rotatable bonds is 4. The summed E-state index contributed by atoms with van der Waals surface area (Å²) in [5.74, 6) is 0.931. The average Bonchev–Trinajstić information content (AvgIpc) is 3.21. The molecule has 2 fully saturated rings. The van der Waals surface area contributed by atoms with Gasteiger partial charge in [-0.2, -0.15) is 0 Å². The first-order valence-electron chi connectivity index (χ1n) is 11.6. The van der Waals surface area contributed by atoms with Crippen LogP contribution in [0.5, 0.6) is 5.75 Å². The molecular formula is C24H37N3O4. The van der Waals surface area contributed by atoms with E-state index in [0.29, 0.717) is 25.7 Å². The number of nitrogens with zero attached hydrogens (tertiary/aromatic N) is 2. The monoisotopic (exact) mass is 431 g/mol. The molecule has 3 heterocycles. The van der Waals surface area contributed by atoms with E-state index in [-0.39, 0.29) is 12.2 Å². The summed E-state index contributed by atoms with van der Waals surface area (Å²) in [6.07, 6.45) is 3.91. The van der Waals surface area contributed by atoms with Crippen LogP contribution in [0.15, 0.2) is 12.1 Å². The zero-order valence-electron chi connectivity index (χ0n) is 19.4. The van der Waals surface area contributed by atoms with Crippen molar-refractivity contribution in [1.29, 1.82) is 0 Å². The van der Waals surface area contributed by atoms with Crippen LogP contribution in [0, 0.1) is 0 Å². The van der Waals surface area contributed by atoms with Crippen molar-refractivity contribution < 1.29 is 19.0 Å². The number of carbonyl (C=O) groups is 1. The fourth-order valence-electron chi connectivity index (χ4n) is 4.48. The van der Waals surface area contributed by atoms with Gasteiger partial charge in [-0.05, 0) is 70.7 Å². The van der Waals surface area contributed by atoms with Crippen LogP contribution >= 0.6 is 0 Å². The van der Waals surface area contributed by atoms with Gasteiger partial charge in [-0.25, -0.2) is 4.79 Å². The second-order valence-electron chi connectivity index (χ2n) is 10.1. The number of anilines is 1. The van der Waals surface area contributed by atoms with Crippen molar-refractivity contribution in [3.63, 3.8) is 0 Å². The maximum absolute atomic E-state index is 12.7. The number of hydrogen-bond acceptors (Lipinski definition) is 6. The second kappa shape index (κ2) is 9.25. The molecule has 1 atom stereocenters. The number of benzene rings is 1. The number of likely N-dealkylation sites (tertiary alicyclic amines) is 1. The number of fused-ring (bicyclic) bond motifs is 1. The molecule has 7 heteroatoms. The smallest absolute Gasteiger partial charge is 0.410 e. The third kappa shape index (κ3) is 5.83. The van der Waals surface area contributed by atoms with E-state index in [4.69, 9.17) is 14.2 Å². The molecule has 1 aromatic rings. The van der Waals surface area contributed by atoms with E-state index in [1.807, 2.05) is 20.8 Å². The lowest BCUT2D eigenvalue weighted by atomic mass is 9.97. The Bertz CT molecular complexity index is 778. The third-order valence-corrected chi connectivity index (χ3v) is 6.23. The highest BCUT2D eigenvalue weighted by Gasteiger charge is 2.29. The summed E-state index contributed by atoms with van der Waals surface area (Å²) in [6, 6.07) is 4.59. The molecule has 172 valence electrons. The quantitative estimate of drug-likeness (QED) is 0.785. The third-order valence-electron chi connectivity index (χ3n) is 6.23. The lowest BCUT2D eigenvalue weighted by Crippen LogP contribution is -2.40. The first-order valence-corrected chi connectivity index (χ1v) is 11.6. The van der Waals surface area contributed by atoms with Crippen LogP contribution in [0.2, 0.25) is 0 Å². The van der Waals surface area contributed by atoms with Gasteiger partial charge in [0.25, 0.3) is 0 Å². The predicted octanol–water partition coefficient (Wildman–Crippen LogP) is 3.65. The van der Waals surface area contributed by atoms with Gasteiger partial charge in [0.05, 0.1) is 19.2 Å². The lowest BCUT2D eigenvalue weighted by molar-refractivity contribution is 0.0224. The van der Waals surface area contributed by atoms with E-state index in [2.05, 4.69) is 29.4 Å². The predicted molar refractivity (Wildman–Crippen MR) is 121 cm³/mol. The molecule has 0 aromatic heterocycles. The van der Waals surface area contributed by atoms with Gasteiger partial charge in [-0.1, -0.05) is 0 Å². The molecule has 0 saturated carbocycles. The molecule has 0 radical (unpaired) electrons. The van der Waals surface area contributed by atoms with Gasteiger partial charge >= 0.3 is 6.09 Å². The maximum atomic E-state index is 12.7. The van der Waals surface area contributed by atoms with Crippen LogP contribution in [-0.4, -0.2) is 73.5 Å². The van der Waals surface area contributed by atoms with E-state index in [1.54, 1.807) is 4.90 Å². The zero-order chi connectivity index (χ0) is 22.0. The van der Waals surface area contributed by atoms with Crippen molar-refractivity contribution in [3.05, 3.63) is 23.3 Å². The minimum absolute atomic E-state index is 0.250. The summed E-state index contributed by atoms with van der Waals surface area (Å²) in [5.41, 5.74) is 2.99. The Hall–Kier alpha value is -1.99. The molecule has 7 nitrogen and oxygen atoms in total. The SMILES string of the molecule is CN1CCC(Oc2cc3c(c(N[C@@H]4CCOC4)c2)CN(C(=O)OC(C)(C)C)CC3)CC1. The van der Waals surface area contributed by atoms with Gasteiger partial charge in [0.1, 0.15) is 17.5 Å². The average molecular weight is 432 g/mol. The summed E-state index contributed by atoms with van der Waals surface area (Å²) >= 11 is 0. The van der Waals surface area contributed by atoms with E-state index in [0.717, 1.165) is 56.8 Å². The van der Waals surface area contributed by atoms with Gasteiger partial charge < -0.3 is 29.3 Å². The van der Waals surface area contributed by atoms with E-state index in [9.17, 15) is 4.79 Å². The lowest BCUT2D eigenvalue weighted by Gasteiger charge is -2.34. The number of carbonyl (C=O) groups excluding carboxylic acids is 1. The normalized spacial score (nSPS) is 22.8. The molecule has 31 heavy (non-hydrogen) atoms. The Balaban J connectivity index is 1.54. The summed E-state index contributed by atoms with van der Waals surface area (Å²) in [5, 5.41) is 3.67. The number of amides is 1. The first-order chi connectivity index (χ1) is 14.8. The molecule has 0 aliphatic carbocycles. The fraction of sp³-hybridized carbons (Fsp3) is 0.708. The molecule has 0 spiro atoms. The molecule has 4 rings (SSSR count). The van der Waals surface area contributed by atoms with Crippen molar-refractivity contribution in [1.82, 2.24) is 9.80 Å². The van der Waals surface area contributed by atoms with Crippen molar-refractivity contribution in [2.45, 2.75) is 70.7 Å². The summed E-state index contributed by atoms with van der Waals surface area (Å²) < 4.78 is 17.6. The molecule has 3 aliphatic heterocycles. The molecule has 0 bridgehead atoms. The van der Waals surface area contributed by atoms with Crippen molar-refractivity contribution in [2.24, 2.45) is 0 Å². The van der Waals surface area contributed by atoms with Crippen LogP contribution in [0.25, 0.3) is 0 Å². The molecule has 2 saturated heterocycles. The summed E-state index contributed by atoms with van der Waals surface area (Å²) in [6.45, 7) is 10.6. The fourth-order valence-corrected chi connectivity index (χ4v) is 4.48. The maximum Gasteiger partial charge on any atom is 0.410 e. The van der Waals surface area contributed by atoms with E-state index >= 15 is 0 Å². The van der Waals surface area contributed by atoms with Crippen LogP contribution in [0.3, 0.4) is 0 Å². The van der Waals surface area contributed by atoms with Crippen molar-refractivity contribution >= 4 is 11.8 Å². The minimum atomic E-state index is -0.495. The van der Waals surface area contributed by atoms with E-state index in [1.165, 1.54) is 11.1 Å². The number of nitrogens with one attached hydrogen (secondary N) is 1. The Morgan fingerprint density at radius 3 is 2.61 bits per heavy atom. The van der Waals surface area contributed by atoms with Crippen LogP contribution in [-0.2, 0) is 22.4 Å². The highest BCUT2D eigenvalue weighted by molar-refractivity contribution is 5.70. The van der Waals surface area contributed by atoms with Crippen LogP contribution < -0.4 is 10.1 Å². The van der Waals surface area contributed by atoms with Gasteiger partial charge in [0.15, 0.2) is 0 Å². The van der Waals surface area contributed by atoms with Gasteiger partial charge in [-0.3, -0.25) is 0 Å². The Morgan fingerprint density at radius 1 is 1.16 bits per heavy atom. The van der Waals surface area contributed by atoms with Crippen molar-refractivity contribution in [3.8, 4) is 5.75 Å². The Morgan fingerprint density at radius 2 is 1.94 bits per heavy atom. The molecular weight excluding hydrogens is 394 g/mol. The second-order valence-corrected chi connectivity index (χ2v) is 10.1. The van der Waals surface area contributed by atoms with Crippen LogP contribution in [0.1, 0.15) is 51.2 Å². The highest BCUT2D eigenvalue weighted by atomic mass is 16.6. The minimum Gasteiger partial charge on any atom is -0.490 e. The van der Waals surface area contributed by atoms with E-state index < -0.39 is 5.60 Å². The van der Waals surface area contributed by atoms with Gasteiger partial charge in [0.2, 0.25) is 0 Å². The molecule has 1 aromatic carbocycles.